The van der Waals surface area contributed by atoms with Crippen molar-refractivity contribution in [3.8, 4) is 0 Å². The molecule has 0 heterocycles. The molecule has 3 nitrogen and oxygen atoms in total. The Labute approximate surface area is 65.2 Å². The summed E-state index contributed by atoms with van der Waals surface area (Å²) >= 11 is 0. The smallest absolute Gasteiger partial charge is 0.328 e. The molecule has 1 aliphatic rings. The van der Waals surface area contributed by atoms with Gasteiger partial charge in [0.25, 0.3) is 0 Å². The molecule has 0 radical (unpaired) electrons. The van der Waals surface area contributed by atoms with Gasteiger partial charge in [-0.25, -0.2) is 4.79 Å². The Balaban J connectivity index is 2.73. The van der Waals surface area contributed by atoms with Crippen molar-refractivity contribution in [3.05, 3.63) is 23.4 Å². The molecule has 1 rings (SSSR count). The second-order valence-electron chi connectivity index (χ2n) is 2.63. The number of carboxylic acids is 1. The number of allylic oxidation sites excluding steroid dienone is 3. The molecule has 0 aromatic carbocycles. The lowest BCUT2D eigenvalue weighted by atomic mass is 9.99. The number of hydrogen-bond donors (Lipinski definition) is 2. The van der Waals surface area contributed by atoms with Gasteiger partial charge in [0.2, 0.25) is 0 Å². The van der Waals surface area contributed by atoms with E-state index >= 15 is 0 Å². The van der Waals surface area contributed by atoms with E-state index in [-0.39, 0.29) is 0 Å². The monoisotopic (exact) mass is 153 g/mol. The first-order valence-electron chi connectivity index (χ1n) is 3.58. The molecule has 60 valence electrons. The van der Waals surface area contributed by atoms with Crippen molar-refractivity contribution < 1.29 is 9.90 Å². The van der Waals surface area contributed by atoms with Gasteiger partial charge >= 0.3 is 5.97 Å². The van der Waals surface area contributed by atoms with E-state index in [4.69, 9.17) is 10.8 Å². The minimum absolute atomic E-state index is 0.781. The average molecular weight is 153 g/mol. The van der Waals surface area contributed by atoms with Crippen LogP contribution in [-0.4, -0.2) is 11.1 Å². The van der Waals surface area contributed by atoms with Gasteiger partial charge in [0, 0.05) is 11.8 Å². The van der Waals surface area contributed by atoms with Crippen LogP contribution in [0.5, 0.6) is 0 Å². The first-order valence-corrected chi connectivity index (χ1v) is 3.58. The lowest BCUT2D eigenvalue weighted by molar-refractivity contribution is -0.131. The van der Waals surface area contributed by atoms with Crippen LogP contribution in [0.2, 0.25) is 0 Å². The van der Waals surface area contributed by atoms with Crippen LogP contribution in [-0.2, 0) is 4.79 Å². The van der Waals surface area contributed by atoms with Gasteiger partial charge in [0.15, 0.2) is 0 Å². The zero-order valence-electron chi connectivity index (χ0n) is 6.21. The van der Waals surface area contributed by atoms with E-state index in [1.165, 1.54) is 6.08 Å². The highest BCUT2D eigenvalue weighted by molar-refractivity contribution is 5.81. The van der Waals surface area contributed by atoms with Crippen molar-refractivity contribution in [1.82, 2.24) is 0 Å². The topological polar surface area (TPSA) is 63.3 Å². The maximum Gasteiger partial charge on any atom is 0.328 e. The summed E-state index contributed by atoms with van der Waals surface area (Å²) in [6.07, 6.45) is 5.63. The Morgan fingerprint density at radius 1 is 1.64 bits per heavy atom. The molecule has 0 atom stereocenters. The molecule has 0 saturated carbocycles. The van der Waals surface area contributed by atoms with Crippen LogP contribution in [0, 0.1) is 0 Å². The maximum absolute atomic E-state index is 10.2. The number of nitrogens with two attached hydrogens (primary N) is 1. The van der Waals surface area contributed by atoms with Crippen LogP contribution in [0.25, 0.3) is 0 Å². The largest absolute Gasteiger partial charge is 0.478 e. The normalized spacial score (nSPS) is 21.5. The van der Waals surface area contributed by atoms with E-state index in [0.717, 1.165) is 30.5 Å². The summed E-state index contributed by atoms with van der Waals surface area (Å²) in [4.78, 5) is 10.2. The van der Waals surface area contributed by atoms with Crippen LogP contribution in [0.15, 0.2) is 23.4 Å². The predicted molar refractivity (Wildman–Crippen MR) is 41.8 cm³/mol. The summed E-state index contributed by atoms with van der Waals surface area (Å²) in [5.41, 5.74) is 7.13. The first-order chi connectivity index (χ1) is 5.18. The second kappa shape index (κ2) is 3.23. The molecule has 0 aliphatic heterocycles. The van der Waals surface area contributed by atoms with Crippen molar-refractivity contribution in [1.29, 1.82) is 0 Å². The van der Waals surface area contributed by atoms with Gasteiger partial charge < -0.3 is 10.8 Å². The number of hydrogen-bond acceptors (Lipinski definition) is 2. The van der Waals surface area contributed by atoms with Crippen molar-refractivity contribution in [2.75, 3.05) is 0 Å². The standard InChI is InChI=1S/C8H11NO2/c9-7-3-1-2-6(4-7)5-8(10)11/h4-5H,1-3,9H2,(H,10,11). The molecule has 0 saturated heterocycles. The summed E-state index contributed by atoms with van der Waals surface area (Å²) < 4.78 is 0. The Bertz CT molecular complexity index is 228. The van der Waals surface area contributed by atoms with Crippen LogP contribution in [0.3, 0.4) is 0 Å². The third kappa shape index (κ3) is 2.45. The molecule has 0 aromatic heterocycles. The molecular weight excluding hydrogens is 142 g/mol. The first kappa shape index (κ1) is 7.85. The number of rotatable bonds is 1. The molecule has 3 N–H and O–H groups in total. The lowest BCUT2D eigenvalue weighted by Crippen LogP contribution is -2.04. The van der Waals surface area contributed by atoms with E-state index in [1.807, 2.05) is 0 Å². The summed E-state index contributed by atoms with van der Waals surface area (Å²) in [6.45, 7) is 0. The molecule has 3 heteroatoms. The Kier molecular flexibility index (Phi) is 2.31. The molecule has 1 aliphatic carbocycles. The van der Waals surface area contributed by atoms with Crippen molar-refractivity contribution in [3.63, 3.8) is 0 Å². The fourth-order valence-corrected chi connectivity index (χ4v) is 1.15. The zero-order chi connectivity index (χ0) is 8.27. The van der Waals surface area contributed by atoms with Crippen molar-refractivity contribution in [2.45, 2.75) is 19.3 Å². The molecule has 11 heavy (non-hydrogen) atoms. The quantitative estimate of drug-likeness (QED) is 0.553. The zero-order valence-corrected chi connectivity index (χ0v) is 6.21. The molecule has 0 aromatic rings. The highest BCUT2D eigenvalue weighted by Gasteiger charge is 2.05. The van der Waals surface area contributed by atoms with Crippen LogP contribution in [0.4, 0.5) is 0 Å². The summed E-state index contributed by atoms with van der Waals surface area (Å²) in [5.74, 6) is -0.897. The van der Waals surface area contributed by atoms with Crippen LogP contribution >= 0.6 is 0 Å². The van der Waals surface area contributed by atoms with E-state index in [9.17, 15) is 4.79 Å². The SMILES string of the molecule is NC1=CC(=CC(=O)O)CCC1. The van der Waals surface area contributed by atoms with Crippen LogP contribution in [0.1, 0.15) is 19.3 Å². The highest BCUT2D eigenvalue weighted by Crippen LogP contribution is 2.18. The third-order valence-electron chi connectivity index (χ3n) is 1.61. The molecular formula is C8H11NO2. The van der Waals surface area contributed by atoms with Crippen LogP contribution < -0.4 is 5.73 Å². The van der Waals surface area contributed by atoms with Crippen molar-refractivity contribution in [2.24, 2.45) is 5.73 Å². The van der Waals surface area contributed by atoms with Gasteiger partial charge in [-0.2, -0.15) is 0 Å². The molecule has 0 bridgehead atoms. The third-order valence-corrected chi connectivity index (χ3v) is 1.61. The number of carboxylic acid groups (broad SMARTS) is 1. The van der Waals surface area contributed by atoms with Gasteiger partial charge in [-0.05, 0) is 30.9 Å². The van der Waals surface area contributed by atoms with Gasteiger partial charge in [-0.1, -0.05) is 0 Å². The summed E-state index contributed by atoms with van der Waals surface area (Å²) in [5, 5.41) is 8.41. The van der Waals surface area contributed by atoms with Gasteiger partial charge in [-0.3, -0.25) is 0 Å². The molecule has 0 amide bonds. The fraction of sp³-hybridized carbons (Fsp3) is 0.375. The molecule has 0 unspecified atom stereocenters. The van der Waals surface area contributed by atoms with Gasteiger partial charge in [0.1, 0.15) is 0 Å². The van der Waals surface area contributed by atoms with Gasteiger partial charge in [0.05, 0.1) is 0 Å². The van der Waals surface area contributed by atoms with Gasteiger partial charge in [-0.15, -0.1) is 0 Å². The minimum Gasteiger partial charge on any atom is -0.478 e. The number of aliphatic carboxylic acids is 1. The number of carbonyl (C=O) groups is 1. The van der Waals surface area contributed by atoms with Crippen molar-refractivity contribution >= 4 is 5.97 Å². The highest BCUT2D eigenvalue weighted by atomic mass is 16.4. The summed E-state index contributed by atoms with van der Waals surface area (Å²) in [6, 6.07) is 0. The van der Waals surface area contributed by atoms with E-state index in [1.54, 1.807) is 6.08 Å². The Morgan fingerprint density at radius 2 is 2.36 bits per heavy atom. The molecule has 0 spiro atoms. The Hall–Kier alpha value is -1.25. The molecule has 0 fully saturated rings. The van der Waals surface area contributed by atoms with E-state index < -0.39 is 5.97 Å². The summed E-state index contributed by atoms with van der Waals surface area (Å²) in [7, 11) is 0. The fourth-order valence-electron chi connectivity index (χ4n) is 1.15. The van der Waals surface area contributed by atoms with E-state index in [2.05, 4.69) is 0 Å². The second-order valence-corrected chi connectivity index (χ2v) is 2.63. The average Bonchev–Trinajstić information content (AvgIpc) is 1.85. The van der Waals surface area contributed by atoms with E-state index in [0.29, 0.717) is 0 Å². The predicted octanol–water partition coefficient (Wildman–Crippen LogP) is 1.02. The maximum atomic E-state index is 10.2. The lowest BCUT2D eigenvalue weighted by Gasteiger charge is -2.10. The minimum atomic E-state index is -0.897. The Morgan fingerprint density at radius 3 is 2.91 bits per heavy atom.